The molecule has 0 saturated carbocycles. The molecular weight excluding hydrogens is 166 g/mol. The third-order valence-electron chi connectivity index (χ3n) is 0.964. The van der Waals surface area contributed by atoms with Gasteiger partial charge in [0.05, 0.1) is 12.4 Å². The number of hydrogen-bond acceptors (Lipinski definition) is 4. The zero-order valence-electron chi connectivity index (χ0n) is 5.83. The Morgan fingerprint density at radius 1 is 1.45 bits per heavy atom. The first-order valence-corrected chi connectivity index (χ1v) is 3.51. The summed E-state index contributed by atoms with van der Waals surface area (Å²) in [6.45, 7) is 0.903. The Bertz CT molecular complexity index is 214. The van der Waals surface area contributed by atoms with E-state index in [4.69, 9.17) is 22.1 Å². The fourth-order valence-corrected chi connectivity index (χ4v) is 0.636. The van der Waals surface area contributed by atoms with Gasteiger partial charge in [-0.25, -0.2) is 9.97 Å². The molecule has 0 aliphatic rings. The SMILES string of the molecule is NCCOc1cnc(Cl)cn1. The number of hydrogen-bond donors (Lipinski definition) is 1. The van der Waals surface area contributed by atoms with Gasteiger partial charge >= 0.3 is 0 Å². The molecule has 0 amide bonds. The minimum absolute atomic E-state index is 0.352. The summed E-state index contributed by atoms with van der Waals surface area (Å²) in [5.41, 5.74) is 5.21. The first-order chi connectivity index (χ1) is 5.33. The highest BCUT2D eigenvalue weighted by molar-refractivity contribution is 6.29. The van der Waals surface area contributed by atoms with E-state index in [1.54, 1.807) is 0 Å². The van der Waals surface area contributed by atoms with Crippen LogP contribution in [0.4, 0.5) is 0 Å². The largest absolute Gasteiger partial charge is 0.475 e. The maximum atomic E-state index is 5.49. The lowest BCUT2D eigenvalue weighted by atomic mass is 10.7. The third-order valence-corrected chi connectivity index (χ3v) is 1.16. The van der Waals surface area contributed by atoms with E-state index in [2.05, 4.69) is 9.97 Å². The van der Waals surface area contributed by atoms with E-state index in [-0.39, 0.29) is 0 Å². The van der Waals surface area contributed by atoms with E-state index < -0.39 is 0 Å². The molecule has 0 aliphatic carbocycles. The Labute approximate surface area is 69.4 Å². The molecule has 1 heterocycles. The van der Waals surface area contributed by atoms with Crippen molar-refractivity contribution in [2.24, 2.45) is 5.73 Å². The summed E-state index contributed by atoms with van der Waals surface area (Å²) in [4.78, 5) is 7.61. The van der Waals surface area contributed by atoms with Crippen LogP contribution >= 0.6 is 11.6 Å². The fourth-order valence-electron chi connectivity index (χ4n) is 0.538. The molecule has 0 unspecified atom stereocenters. The molecule has 1 rings (SSSR count). The van der Waals surface area contributed by atoms with Crippen LogP contribution in [-0.4, -0.2) is 23.1 Å². The number of halogens is 1. The molecule has 0 aromatic carbocycles. The fraction of sp³-hybridized carbons (Fsp3) is 0.333. The Morgan fingerprint density at radius 2 is 2.27 bits per heavy atom. The molecule has 5 heteroatoms. The zero-order valence-corrected chi connectivity index (χ0v) is 6.58. The van der Waals surface area contributed by atoms with Gasteiger partial charge in [-0.1, -0.05) is 11.6 Å². The van der Waals surface area contributed by atoms with Crippen LogP contribution in [0.25, 0.3) is 0 Å². The van der Waals surface area contributed by atoms with Crippen LogP contribution in [0, 0.1) is 0 Å². The van der Waals surface area contributed by atoms with Crippen molar-refractivity contribution in [2.45, 2.75) is 0 Å². The molecule has 0 radical (unpaired) electrons. The lowest BCUT2D eigenvalue weighted by Gasteiger charge is -2.00. The maximum absolute atomic E-state index is 5.49. The van der Waals surface area contributed by atoms with Crippen molar-refractivity contribution in [1.82, 2.24) is 9.97 Å². The number of aromatic nitrogens is 2. The summed E-state index contributed by atoms with van der Waals surface area (Å²) < 4.78 is 5.05. The van der Waals surface area contributed by atoms with Crippen molar-refractivity contribution >= 4 is 11.6 Å². The molecule has 0 aliphatic heterocycles. The second kappa shape index (κ2) is 4.10. The van der Waals surface area contributed by atoms with Crippen LogP contribution in [0.5, 0.6) is 5.88 Å². The summed E-state index contributed by atoms with van der Waals surface area (Å²) in [6, 6.07) is 0. The summed E-state index contributed by atoms with van der Waals surface area (Å²) in [7, 11) is 0. The minimum Gasteiger partial charge on any atom is -0.475 e. The molecule has 0 bridgehead atoms. The van der Waals surface area contributed by atoms with Gasteiger partial charge in [0.1, 0.15) is 11.8 Å². The number of rotatable bonds is 3. The summed E-state index contributed by atoms with van der Waals surface area (Å²) in [5.74, 6) is 0.444. The average Bonchev–Trinajstić information content (AvgIpc) is 2.04. The van der Waals surface area contributed by atoms with Gasteiger partial charge in [0.25, 0.3) is 0 Å². The van der Waals surface area contributed by atoms with Crippen molar-refractivity contribution in [1.29, 1.82) is 0 Å². The van der Waals surface area contributed by atoms with Crippen LogP contribution in [0.15, 0.2) is 12.4 Å². The number of nitrogens with two attached hydrogens (primary N) is 1. The monoisotopic (exact) mass is 173 g/mol. The quantitative estimate of drug-likeness (QED) is 0.722. The number of ether oxygens (including phenoxy) is 1. The summed E-state index contributed by atoms with van der Waals surface area (Å²) in [6.07, 6.45) is 2.88. The smallest absolute Gasteiger partial charge is 0.232 e. The van der Waals surface area contributed by atoms with Crippen molar-refractivity contribution in [2.75, 3.05) is 13.2 Å². The first-order valence-electron chi connectivity index (χ1n) is 3.13. The molecule has 0 atom stereocenters. The second-order valence-corrected chi connectivity index (χ2v) is 2.20. The Kier molecular flexibility index (Phi) is 3.07. The summed E-state index contributed by atoms with van der Waals surface area (Å²) in [5, 5.41) is 0.352. The van der Waals surface area contributed by atoms with Crippen LogP contribution < -0.4 is 10.5 Å². The molecule has 60 valence electrons. The van der Waals surface area contributed by atoms with E-state index in [9.17, 15) is 0 Å². The Morgan fingerprint density at radius 3 is 2.82 bits per heavy atom. The first kappa shape index (κ1) is 8.23. The van der Waals surface area contributed by atoms with Crippen LogP contribution in [0.1, 0.15) is 0 Å². The minimum atomic E-state index is 0.352. The van der Waals surface area contributed by atoms with E-state index >= 15 is 0 Å². The lowest BCUT2D eigenvalue weighted by Crippen LogP contribution is -2.11. The highest BCUT2D eigenvalue weighted by Crippen LogP contribution is 2.06. The molecular formula is C6H8ClN3O. The van der Waals surface area contributed by atoms with Gasteiger partial charge in [0.15, 0.2) is 0 Å². The molecule has 0 fully saturated rings. The zero-order chi connectivity index (χ0) is 8.10. The van der Waals surface area contributed by atoms with Gasteiger partial charge in [0, 0.05) is 6.54 Å². The van der Waals surface area contributed by atoms with Crippen LogP contribution in [0.3, 0.4) is 0 Å². The standard InChI is InChI=1S/C6H8ClN3O/c7-5-3-10-6(4-9-5)11-2-1-8/h3-4H,1-2,8H2. The molecule has 0 spiro atoms. The van der Waals surface area contributed by atoms with Crippen LogP contribution in [0.2, 0.25) is 5.15 Å². The van der Waals surface area contributed by atoms with Gasteiger partial charge in [-0.05, 0) is 0 Å². The van der Waals surface area contributed by atoms with Gasteiger partial charge in [0.2, 0.25) is 5.88 Å². The Balaban J connectivity index is 2.52. The molecule has 1 aromatic rings. The third kappa shape index (κ3) is 2.69. The number of nitrogens with zero attached hydrogens (tertiary/aromatic N) is 2. The molecule has 0 saturated heterocycles. The van der Waals surface area contributed by atoms with Gasteiger partial charge in [-0.15, -0.1) is 0 Å². The lowest BCUT2D eigenvalue weighted by molar-refractivity contribution is 0.314. The molecule has 4 nitrogen and oxygen atoms in total. The van der Waals surface area contributed by atoms with E-state index in [1.807, 2.05) is 0 Å². The van der Waals surface area contributed by atoms with E-state index in [0.29, 0.717) is 24.2 Å². The second-order valence-electron chi connectivity index (χ2n) is 1.81. The highest BCUT2D eigenvalue weighted by Gasteiger charge is 1.93. The highest BCUT2D eigenvalue weighted by atomic mass is 35.5. The van der Waals surface area contributed by atoms with Crippen molar-refractivity contribution in [3.05, 3.63) is 17.5 Å². The van der Waals surface area contributed by atoms with E-state index in [0.717, 1.165) is 0 Å². The average molecular weight is 174 g/mol. The van der Waals surface area contributed by atoms with E-state index in [1.165, 1.54) is 12.4 Å². The van der Waals surface area contributed by atoms with Crippen LogP contribution in [-0.2, 0) is 0 Å². The molecule has 2 N–H and O–H groups in total. The van der Waals surface area contributed by atoms with Gasteiger partial charge in [-0.2, -0.15) is 0 Å². The van der Waals surface area contributed by atoms with Gasteiger partial charge < -0.3 is 10.5 Å². The Hall–Kier alpha value is -0.870. The van der Waals surface area contributed by atoms with Crippen molar-refractivity contribution in [3.63, 3.8) is 0 Å². The van der Waals surface area contributed by atoms with Crippen molar-refractivity contribution < 1.29 is 4.74 Å². The predicted molar refractivity (Wildman–Crippen MR) is 41.6 cm³/mol. The molecule has 1 aromatic heterocycles. The normalized spacial score (nSPS) is 9.64. The molecule has 11 heavy (non-hydrogen) atoms. The van der Waals surface area contributed by atoms with Crippen molar-refractivity contribution in [3.8, 4) is 5.88 Å². The topological polar surface area (TPSA) is 61.0 Å². The summed E-state index contributed by atoms with van der Waals surface area (Å²) >= 11 is 5.49. The van der Waals surface area contributed by atoms with Gasteiger partial charge in [-0.3, -0.25) is 0 Å². The predicted octanol–water partition coefficient (Wildman–Crippen LogP) is 0.467. The maximum Gasteiger partial charge on any atom is 0.232 e.